The van der Waals surface area contributed by atoms with E-state index >= 15 is 0 Å². The van der Waals surface area contributed by atoms with Gasteiger partial charge in [0.15, 0.2) is 9.84 Å². The summed E-state index contributed by atoms with van der Waals surface area (Å²) in [6.07, 6.45) is 1.45. The Hall–Kier alpha value is -0.660. The number of hydrogen-bond donors (Lipinski definition) is 1. The fourth-order valence-electron chi connectivity index (χ4n) is 2.47. The maximum Gasteiger partial charge on any atom is 0.241 e. The number of aliphatic hydroxyl groups is 1. The van der Waals surface area contributed by atoms with E-state index in [9.17, 15) is 13.2 Å². The number of carbonyl (C=O) groups excluding carboxylic acids is 1. The predicted molar refractivity (Wildman–Crippen MR) is 64.8 cm³/mol. The molecule has 6 nitrogen and oxygen atoms in total. The Morgan fingerprint density at radius 3 is 2.83 bits per heavy atom. The molecular formula is C11H19NO5S. The van der Waals surface area contributed by atoms with Gasteiger partial charge in [0.05, 0.1) is 25.1 Å². The molecule has 2 atom stereocenters. The molecule has 0 radical (unpaired) electrons. The second-order valence-corrected chi connectivity index (χ2v) is 7.11. The average molecular weight is 277 g/mol. The number of aliphatic hydroxyl groups excluding tert-OH is 1. The van der Waals surface area contributed by atoms with Crippen LogP contribution < -0.4 is 0 Å². The van der Waals surface area contributed by atoms with E-state index < -0.39 is 21.2 Å². The monoisotopic (exact) mass is 277 g/mol. The van der Waals surface area contributed by atoms with E-state index in [0.29, 0.717) is 26.0 Å². The van der Waals surface area contributed by atoms with Gasteiger partial charge in [-0.25, -0.2) is 8.42 Å². The van der Waals surface area contributed by atoms with Crippen molar-refractivity contribution in [2.75, 3.05) is 32.1 Å². The van der Waals surface area contributed by atoms with Gasteiger partial charge in [-0.15, -0.1) is 0 Å². The maximum absolute atomic E-state index is 12.2. The summed E-state index contributed by atoms with van der Waals surface area (Å²) >= 11 is 0. The second kappa shape index (κ2) is 5.54. The number of sulfone groups is 1. The molecular weight excluding hydrogens is 258 g/mol. The van der Waals surface area contributed by atoms with E-state index in [1.165, 1.54) is 4.90 Å². The van der Waals surface area contributed by atoms with Crippen LogP contribution in [0.5, 0.6) is 0 Å². The molecule has 7 heteroatoms. The van der Waals surface area contributed by atoms with Gasteiger partial charge in [0, 0.05) is 13.1 Å². The Labute approximate surface area is 107 Å². The van der Waals surface area contributed by atoms with Crippen molar-refractivity contribution in [3.8, 4) is 0 Å². The van der Waals surface area contributed by atoms with Crippen LogP contribution in [-0.2, 0) is 19.4 Å². The molecule has 2 aliphatic heterocycles. The summed E-state index contributed by atoms with van der Waals surface area (Å²) in [7, 11) is -3.29. The SMILES string of the molecule is O=C(C1CCCCS1(=O)=O)N1CCOC(CO)C1. The maximum atomic E-state index is 12.2. The highest BCUT2D eigenvalue weighted by Gasteiger charge is 2.38. The van der Waals surface area contributed by atoms with Gasteiger partial charge in [-0.3, -0.25) is 4.79 Å². The van der Waals surface area contributed by atoms with Crippen LogP contribution in [0.25, 0.3) is 0 Å². The zero-order chi connectivity index (χ0) is 13.2. The molecule has 2 unspecified atom stereocenters. The van der Waals surface area contributed by atoms with Crippen molar-refractivity contribution in [2.24, 2.45) is 0 Å². The Kier molecular flexibility index (Phi) is 4.24. The Bertz CT molecular complexity index is 408. The van der Waals surface area contributed by atoms with Crippen molar-refractivity contribution >= 4 is 15.7 Å². The van der Waals surface area contributed by atoms with Crippen LogP contribution in [0.4, 0.5) is 0 Å². The first-order valence-corrected chi connectivity index (χ1v) is 7.99. The highest BCUT2D eigenvalue weighted by molar-refractivity contribution is 7.92. The van der Waals surface area contributed by atoms with E-state index in [1.54, 1.807) is 0 Å². The van der Waals surface area contributed by atoms with Gasteiger partial charge in [0.1, 0.15) is 5.25 Å². The number of morpholine rings is 1. The van der Waals surface area contributed by atoms with Gasteiger partial charge in [-0.2, -0.15) is 0 Å². The van der Waals surface area contributed by atoms with Crippen molar-refractivity contribution < 1.29 is 23.1 Å². The third-order valence-corrected chi connectivity index (χ3v) is 5.67. The van der Waals surface area contributed by atoms with Crippen molar-refractivity contribution in [1.29, 1.82) is 0 Å². The van der Waals surface area contributed by atoms with Crippen LogP contribution >= 0.6 is 0 Å². The number of hydrogen-bond acceptors (Lipinski definition) is 5. The molecule has 2 fully saturated rings. The normalized spacial score (nSPS) is 32.2. The zero-order valence-corrected chi connectivity index (χ0v) is 11.1. The molecule has 18 heavy (non-hydrogen) atoms. The molecule has 1 amide bonds. The number of amides is 1. The average Bonchev–Trinajstić information content (AvgIpc) is 2.37. The molecule has 0 aromatic rings. The Morgan fingerprint density at radius 1 is 1.39 bits per heavy atom. The smallest absolute Gasteiger partial charge is 0.241 e. The van der Waals surface area contributed by atoms with Gasteiger partial charge in [0.2, 0.25) is 5.91 Å². The lowest BCUT2D eigenvalue weighted by Gasteiger charge is -2.35. The van der Waals surface area contributed by atoms with E-state index in [1.807, 2.05) is 0 Å². The highest BCUT2D eigenvalue weighted by atomic mass is 32.2. The van der Waals surface area contributed by atoms with Gasteiger partial charge < -0.3 is 14.7 Å². The molecule has 104 valence electrons. The first-order valence-electron chi connectivity index (χ1n) is 6.27. The summed E-state index contributed by atoms with van der Waals surface area (Å²) < 4.78 is 29.0. The molecule has 2 saturated heterocycles. The van der Waals surface area contributed by atoms with Crippen molar-refractivity contribution in [1.82, 2.24) is 4.90 Å². The summed E-state index contributed by atoms with van der Waals surface area (Å²) in [4.78, 5) is 13.8. The van der Waals surface area contributed by atoms with Gasteiger partial charge in [-0.1, -0.05) is 6.42 Å². The molecule has 2 rings (SSSR count). The molecule has 2 aliphatic rings. The number of rotatable bonds is 2. The Balaban J connectivity index is 2.06. The highest BCUT2D eigenvalue weighted by Crippen LogP contribution is 2.22. The molecule has 0 spiro atoms. The minimum atomic E-state index is -3.29. The lowest BCUT2D eigenvalue weighted by molar-refractivity contribution is -0.140. The van der Waals surface area contributed by atoms with Crippen molar-refractivity contribution in [2.45, 2.75) is 30.6 Å². The quantitative estimate of drug-likeness (QED) is 0.712. The zero-order valence-electron chi connectivity index (χ0n) is 10.2. The summed E-state index contributed by atoms with van der Waals surface area (Å²) in [6.45, 7) is 0.883. The van der Waals surface area contributed by atoms with Crippen LogP contribution in [0, 0.1) is 0 Å². The molecule has 0 aromatic carbocycles. The Morgan fingerprint density at radius 2 is 2.17 bits per heavy atom. The number of ether oxygens (including phenoxy) is 1. The third kappa shape index (κ3) is 2.84. The predicted octanol–water partition coefficient (Wildman–Crippen LogP) is -0.827. The largest absolute Gasteiger partial charge is 0.394 e. The number of nitrogens with zero attached hydrogens (tertiary/aromatic N) is 1. The molecule has 1 N–H and O–H groups in total. The molecule has 0 aromatic heterocycles. The van der Waals surface area contributed by atoms with E-state index in [2.05, 4.69) is 0 Å². The summed E-state index contributed by atoms with van der Waals surface area (Å²) in [5.41, 5.74) is 0. The molecule has 2 heterocycles. The molecule has 0 saturated carbocycles. The van der Waals surface area contributed by atoms with E-state index in [4.69, 9.17) is 9.84 Å². The first-order chi connectivity index (χ1) is 8.54. The van der Waals surface area contributed by atoms with E-state index in [-0.39, 0.29) is 24.8 Å². The molecule has 0 aliphatic carbocycles. The lowest BCUT2D eigenvalue weighted by atomic mass is 10.1. The van der Waals surface area contributed by atoms with E-state index in [0.717, 1.165) is 6.42 Å². The van der Waals surface area contributed by atoms with Crippen LogP contribution in [-0.4, -0.2) is 67.7 Å². The van der Waals surface area contributed by atoms with Crippen LogP contribution in [0.3, 0.4) is 0 Å². The second-order valence-electron chi connectivity index (χ2n) is 4.81. The summed E-state index contributed by atoms with van der Waals surface area (Å²) in [6, 6.07) is 0. The van der Waals surface area contributed by atoms with Crippen LogP contribution in [0.2, 0.25) is 0 Å². The number of carbonyl (C=O) groups is 1. The van der Waals surface area contributed by atoms with Crippen molar-refractivity contribution in [3.63, 3.8) is 0 Å². The fourth-order valence-corrected chi connectivity index (χ4v) is 4.34. The van der Waals surface area contributed by atoms with Crippen molar-refractivity contribution in [3.05, 3.63) is 0 Å². The topological polar surface area (TPSA) is 83.9 Å². The lowest BCUT2D eigenvalue weighted by Crippen LogP contribution is -2.52. The first kappa shape index (κ1) is 13.8. The fraction of sp³-hybridized carbons (Fsp3) is 0.909. The molecule has 0 bridgehead atoms. The van der Waals surface area contributed by atoms with Crippen LogP contribution in [0.15, 0.2) is 0 Å². The standard InChI is InChI=1S/C11H19NO5S/c13-8-9-7-12(4-5-17-9)11(14)10-3-1-2-6-18(10,15)16/h9-10,13H,1-8H2. The van der Waals surface area contributed by atoms with Gasteiger partial charge in [0.25, 0.3) is 0 Å². The summed E-state index contributed by atoms with van der Waals surface area (Å²) in [5, 5.41) is 8.14. The third-order valence-electron chi connectivity index (χ3n) is 3.51. The van der Waals surface area contributed by atoms with Gasteiger partial charge in [-0.05, 0) is 12.8 Å². The van der Waals surface area contributed by atoms with Crippen LogP contribution in [0.1, 0.15) is 19.3 Å². The minimum absolute atomic E-state index is 0.108. The minimum Gasteiger partial charge on any atom is -0.394 e. The van der Waals surface area contributed by atoms with Gasteiger partial charge >= 0.3 is 0 Å². The summed E-state index contributed by atoms with van der Waals surface area (Å²) in [5.74, 6) is -0.214.